The molecule has 4 aliphatic carbocycles. The third kappa shape index (κ3) is 3.64. The van der Waals surface area contributed by atoms with Crippen LogP contribution in [0.2, 0.25) is 0 Å². The van der Waals surface area contributed by atoms with Crippen LogP contribution < -0.4 is 16.0 Å². The number of fused-ring (bicyclic) bond motifs is 2. The molecule has 6 aliphatic rings. The summed E-state index contributed by atoms with van der Waals surface area (Å²) in [6, 6.07) is 1.45. The van der Waals surface area contributed by atoms with Crippen molar-refractivity contribution in [3.63, 3.8) is 0 Å². The van der Waals surface area contributed by atoms with E-state index in [0.29, 0.717) is 31.1 Å². The Balaban J connectivity index is 1.06. The number of hydrogen-bond acceptors (Lipinski definition) is 3. The Morgan fingerprint density at radius 3 is 2.11 bits per heavy atom. The van der Waals surface area contributed by atoms with Crippen molar-refractivity contribution in [3.05, 3.63) is 0 Å². The molecular weight excluding hydrogens is 352 g/mol. The summed E-state index contributed by atoms with van der Waals surface area (Å²) < 4.78 is 0. The topological polar surface area (TPSA) is 73.5 Å². The van der Waals surface area contributed by atoms with E-state index in [4.69, 9.17) is 0 Å². The van der Waals surface area contributed by atoms with Gasteiger partial charge in [0.25, 0.3) is 0 Å². The maximum Gasteiger partial charge on any atom is 0.315 e. The molecule has 6 heteroatoms. The summed E-state index contributed by atoms with van der Waals surface area (Å²) in [7, 11) is 1.94. The number of carbonyl (C=O) groups is 2. The Labute approximate surface area is 168 Å². The number of rotatable bonds is 5. The van der Waals surface area contributed by atoms with Crippen LogP contribution in [0.15, 0.2) is 0 Å². The van der Waals surface area contributed by atoms with E-state index >= 15 is 0 Å². The first-order valence-electron chi connectivity index (χ1n) is 11.6. The van der Waals surface area contributed by atoms with Gasteiger partial charge in [-0.25, -0.2) is 4.79 Å². The summed E-state index contributed by atoms with van der Waals surface area (Å²) in [6.45, 7) is 0.430. The highest BCUT2D eigenvalue weighted by Crippen LogP contribution is 2.55. The van der Waals surface area contributed by atoms with Gasteiger partial charge in [-0.1, -0.05) is 0 Å². The second kappa shape index (κ2) is 7.19. The summed E-state index contributed by atoms with van der Waals surface area (Å²) in [6.07, 6.45) is 12.6. The molecule has 0 aromatic rings. The summed E-state index contributed by atoms with van der Waals surface area (Å²) in [5.74, 6) is 2.62. The summed E-state index contributed by atoms with van der Waals surface area (Å²) in [4.78, 5) is 27.1. The number of piperidine rings is 1. The van der Waals surface area contributed by atoms with Gasteiger partial charge in [0.1, 0.15) is 0 Å². The largest absolute Gasteiger partial charge is 0.343 e. The minimum absolute atomic E-state index is 0.0357. The molecule has 6 rings (SSSR count). The van der Waals surface area contributed by atoms with E-state index in [0.717, 1.165) is 49.9 Å². The first-order chi connectivity index (χ1) is 13.5. The Morgan fingerprint density at radius 1 is 0.964 bits per heavy atom. The molecule has 6 bridgehead atoms. The number of nitrogens with one attached hydrogen (secondary N) is 3. The van der Waals surface area contributed by atoms with Crippen molar-refractivity contribution in [2.75, 3.05) is 13.6 Å². The number of carbonyl (C=O) groups excluding carboxylic acids is 2. The maximum absolute atomic E-state index is 12.6. The summed E-state index contributed by atoms with van der Waals surface area (Å²) >= 11 is 0. The first-order valence-corrected chi connectivity index (χ1v) is 11.6. The van der Waals surface area contributed by atoms with Crippen LogP contribution in [-0.2, 0) is 4.79 Å². The predicted octanol–water partition coefficient (Wildman–Crippen LogP) is 2.39. The number of hydrogen-bond donors (Lipinski definition) is 3. The van der Waals surface area contributed by atoms with Gasteiger partial charge >= 0.3 is 6.03 Å². The quantitative estimate of drug-likeness (QED) is 0.677. The zero-order valence-corrected chi connectivity index (χ0v) is 17.2. The van der Waals surface area contributed by atoms with Gasteiger partial charge in [-0.2, -0.15) is 0 Å². The molecule has 2 heterocycles. The van der Waals surface area contributed by atoms with Crippen molar-refractivity contribution >= 4 is 11.9 Å². The van der Waals surface area contributed by atoms with Crippen LogP contribution in [0.4, 0.5) is 4.79 Å². The molecule has 3 N–H and O–H groups in total. The molecule has 2 unspecified atom stereocenters. The molecule has 0 spiro atoms. The average Bonchev–Trinajstić information content (AvgIpc) is 2.97. The van der Waals surface area contributed by atoms with Gasteiger partial charge < -0.3 is 20.9 Å². The lowest BCUT2D eigenvalue weighted by Gasteiger charge is -2.56. The van der Waals surface area contributed by atoms with E-state index < -0.39 is 0 Å². The standard InChI is InChI=1S/C22H36N4O2/c1-26(19-9-17-2-3-18(10-19)24-17)20(27)4-5-23-21(28)25-22-11-14-6-15(12-22)8-16(7-14)13-22/h14-19,24H,2-13H2,1H3,(H2,23,25,28). The van der Waals surface area contributed by atoms with E-state index in [1.165, 1.54) is 32.1 Å². The van der Waals surface area contributed by atoms with Crippen LogP contribution in [0.3, 0.4) is 0 Å². The van der Waals surface area contributed by atoms with Crippen molar-refractivity contribution in [3.8, 4) is 0 Å². The van der Waals surface area contributed by atoms with Gasteiger partial charge in [0.15, 0.2) is 0 Å². The fourth-order valence-electron chi connectivity index (χ4n) is 7.56. The normalized spacial score (nSPS) is 43.0. The first kappa shape index (κ1) is 18.7. The minimum atomic E-state index is -0.0719. The maximum atomic E-state index is 12.6. The fraction of sp³-hybridized carbons (Fsp3) is 0.909. The molecule has 0 aromatic heterocycles. The van der Waals surface area contributed by atoms with Crippen molar-refractivity contribution < 1.29 is 9.59 Å². The lowest BCUT2D eigenvalue weighted by atomic mass is 9.53. The fourth-order valence-corrected chi connectivity index (χ4v) is 7.56. The molecule has 6 fully saturated rings. The summed E-state index contributed by atoms with van der Waals surface area (Å²) in [5.41, 5.74) is 0.0357. The molecular formula is C22H36N4O2. The molecule has 6 nitrogen and oxygen atoms in total. The Kier molecular flexibility index (Phi) is 4.80. The van der Waals surface area contributed by atoms with Crippen molar-refractivity contribution in [2.24, 2.45) is 17.8 Å². The van der Waals surface area contributed by atoms with Gasteiger partial charge in [-0.3, -0.25) is 4.79 Å². The third-order valence-electron chi connectivity index (χ3n) is 8.43. The molecule has 0 radical (unpaired) electrons. The van der Waals surface area contributed by atoms with Crippen LogP contribution in [0.5, 0.6) is 0 Å². The molecule has 28 heavy (non-hydrogen) atoms. The predicted molar refractivity (Wildman–Crippen MR) is 108 cm³/mol. The van der Waals surface area contributed by atoms with E-state index in [1.807, 2.05) is 11.9 Å². The van der Waals surface area contributed by atoms with E-state index in [-0.39, 0.29) is 17.5 Å². The third-order valence-corrected chi connectivity index (χ3v) is 8.43. The van der Waals surface area contributed by atoms with Crippen molar-refractivity contribution in [1.29, 1.82) is 0 Å². The number of amides is 3. The van der Waals surface area contributed by atoms with Gasteiger partial charge in [0, 0.05) is 43.7 Å². The molecule has 2 atom stereocenters. The Bertz CT molecular complexity index is 589. The van der Waals surface area contributed by atoms with Crippen LogP contribution >= 0.6 is 0 Å². The number of urea groups is 1. The minimum Gasteiger partial charge on any atom is -0.343 e. The molecule has 2 saturated heterocycles. The van der Waals surface area contributed by atoms with E-state index in [9.17, 15) is 9.59 Å². The molecule has 156 valence electrons. The smallest absolute Gasteiger partial charge is 0.315 e. The number of nitrogens with zero attached hydrogens (tertiary/aromatic N) is 1. The Hall–Kier alpha value is -1.30. The average molecular weight is 389 g/mol. The monoisotopic (exact) mass is 388 g/mol. The lowest BCUT2D eigenvalue weighted by Crippen LogP contribution is -2.61. The highest BCUT2D eigenvalue weighted by Gasteiger charge is 2.51. The molecule has 0 aromatic carbocycles. The van der Waals surface area contributed by atoms with Gasteiger partial charge in [-0.05, 0) is 82.0 Å². The zero-order chi connectivity index (χ0) is 19.3. The van der Waals surface area contributed by atoms with Crippen LogP contribution in [0.1, 0.15) is 70.6 Å². The Morgan fingerprint density at radius 2 is 1.54 bits per heavy atom. The second-order valence-electron chi connectivity index (χ2n) is 10.6. The second-order valence-corrected chi connectivity index (χ2v) is 10.6. The van der Waals surface area contributed by atoms with Crippen LogP contribution in [0.25, 0.3) is 0 Å². The molecule has 4 saturated carbocycles. The highest BCUT2D eigenvalue weighted by molar-refractivity contribution is 5.78. The lowest BCUT2D eigenvalue weighted by molar-refractivity contribution is -0.132. The van der Waals surface area contributed by atoms with E-state index in [1.54, 1.807) is 0 Å². The van der Waals surface area contributed by atoms with Gasteiger partial charge in [0.05, 0.1) is 0 Å². The van der Waals surface area contributed by atoms with Crippen LogP contribution in [0, 0.1) is 17.8 Å². The molecule has 2 aliphatic heterocycles. The van der Waals surface area contributed by atoms with E-state index in [2.05, 4.69) is 16.0 Å². The van der Waals surface area contributed by atoms with Crippen LogP contribution in [-0.4, -0.2) is 54.1 Å². The summed E-state index contributed by atoms with van der Waals surface area (Å²) in [5, 5.41) is 9.92. The zero-order valence-electron chi connectivity index (χ0n) is 17.2. The van der Waals surface area contributed by atoms with Gasteiger partial charge in [-0.15, -0.1) is 0 Å². The van der Waals surface area contributed by atoms with Crippen molar-refractivity contribution in [2.45, 2.75) is 94.3 Å². The molecule has 3 amide bonds. The SMILES string of the molecule is CN(C(=O)CCNC(=O)NC12CC3CC(CC(C3)C1)C2)C1CC2CCC(C1)N2. The highest BCUT2D eigenvalue weighted by atomic mass is 16.2. The van der Waals surface area contributed by atoms with Gasteiger partial charge in [0.2, 0.25) is 5.91 Å². The van der Waals surface area contributed by atoms with Crippen molar-refractivity contribution in [1.82, 2.24) is 20.9 Å².